The van der Waals surface area contributed by atoms with Crippen molar-refractivity contribution in [2.75, 3.05) is 25.6 Å². The minimum absolute atomic E-state index is 0.156. The molecule has 1 saturated carbocycles. The van der Waals surface area contributed by atoms with E-state index in [4.69, 9.17) is 4.74 Å². The molecule has 2 rings (SSSR count). The maximum absolute atomic E-state index is 11.8. The van der Waals surface area contributed by atoms with Crippen molar-refractivity contribution >= 4 is 11.8 Å². The summed E-state index contributed by atoms with van der Waals surface area (Å²) in [6.07, 6.45) is 5.48. The minimum Gasteiger partial charge on any atom is -0.393 e. The van der Waals surface area contributed by atoms with Crippen LogP contribution in [0.1, 0.15) is 25.7 Å². The van der Waals surface area contributed by atoms with Crippen LogP contribution in [0.2, 0.25) is 0 Å². The van der Waals surface area contributed by atoms with Crippen molar-refractivity contribution in [1.82, 2.24) is 15.1 Å². The molecule has 0 radical (unpaired) electrons. The van der Waals surface area contributed by atoms with Crippen molar-refractivity contribution in [2.45, 2.75) is 38.3 Å². The standard InChI is InChI=1S/C14H24N4O3/c1-21-9-8-18-7-6-13(17-18)16-14(20)15-10-11-4-2-3-5-12(11)19/h6-7,11-12,19H,2-5,8-10H2,1H3,(H2,15,16,17,20)/t11-,12+/m1/s1. The van der Waals surface area contributed by atoms with Crippen molar-refractivity contribution in [2.24, 2.45) is 5.92 Å². The number of hydrogen-bond donors (Lipinski definition) is 3. The first-order valence-electron chi connectivity index (χ1n) is 7.44. The van der Waals surface area contributed by atoms with Gasteiger partial charge in [-0.2, -0.15) is 5.10 Å². The van der Waals surface area contributed by atoms with E-state index in [9.17, 15) is 9.90 Å². The van der Waals surface area contributed by atoms with Crippen LogP contribution in [0.25, 0.3) is 0 Å². The molecule has 0 aliphatic heterocycles. The summed E-state index contributed by atoms with van der Waals surface area (Å²) in [7, 11) is 1.63. The van der Waals surface area contributed by atoms with E-state index >= 15 is 0 Å². The first-order chi connectivity index (χ1) is 10.2. The number of anilines is 1. The molecule has 0 aromatic carbocycles. The molecule has 2 amide bonds. The van der Waals surface area contributed by atoms with E-state index in [-0.39, 0.29) is 18.1 Å². The number of carbonyl (C=O) groups excluding carboxylic acids is 1. The number of aliphatic hydroxyl groups excluding tert-OH is 1. The molecule has 7 heteroatoms. The van der Waals surface area contributed by atoms with Crippen LogP contribution in [0, 0.1) is 5.92 Å². The van der Waals surface area contributed by atoms with E-state index in [1.807, 2.05) is 0 Å². The Kier molecular flexibility index (Phi) is 6.01. The van der Waals surface area contributed by atoms with Gasteiger partial charge < -0.3 is 15.2 Å². The second-order valence-corrected chi connectivity index (χ2v) is 5.40. The van der Waals surface area contributed by atoms with E-state index < -0.39 is 0 Å². The summed E-state index contributed by atoms with van der Waals surface area (Å²) in [5.41, 5.74) is 0. The smallest absolute Gasteiger partial charge is 0.320 e. The Labute approximate surface area is 124 Å². The van der Waals surface area contributed by atoms with Crippen molar-refractivity contribution < 1.29 is 14.6 Å². The Balaban J connectivity index is 1.72. The number of methoxy groups -OCH3 is 1. The average Bonchev–Trinajstić information content (AvgIpc) is 2.91. The van der Waals surface area contributed by atoms with E-state index in [1.165, 1.54) is 0 Å². The highest BCUT2D eigenvalue weighted by Gasteiger charge is 2.23. The number of urea groups is 1. The molecule has 0 unspecified atom stereocenters. The lowest BCUT2D eigenvalue weighted by Gasteiger charge is -2.27. The van der Waals surface area contributed by atoms with Gasteiger partial charge in [-0.15, -0.1) is 0 Å². The molecule has 1 aromatic rings. The Morgan fingerprint density at radius 3 is 3.10 bits per heavy atom. The molecule has 0 bridgehead atoms. The number of rotatable bonds is 6. The third kappa shape index (κ3) is 5.02. The summed E-state index contributed by atoms with van der Waals surface area (Å²) in [4.78, 5) is 11.8. The minimum atomic E-state index is -0.299. The van der Waals surface area contributed by atoms with Gasteiger partial charge in [-0.05, 0) is 12.8 Å². The Morgan fingerprint density at radius 2 is 2.33 bits per heavy atom. The fraction of sp³-hybridized carbons (Fsp3) is 0.714. The van der Waals surface area contributed by atoms with Crippen molar-refractivity contribution in [1.29, 1.82) is 0 Å². The Morgan fingerprint density at radius 1 is 1.52 bits per heavy atom. The van der Waals surface area contributed by atoms with Gasteiger partial charge in [0.2, 0.25) is 0 Å². The fourth-order valence-corrected chi connectivity index (χ4v) is 2.55. The van der Waals surface area contributed by atoms with Gasteiger partial charge in [-0.3, -0.25) is 10.00 Å². The summed E-state index contributed by atoms with van der Waals surface area (Å²) in [6, 6.07) is 1.45. The normalized spacial score (nSPS) is 22.0. The molecule has 1 aliphatic carbocycles. The number of nitrogens with zero attached hydrogens (tertiary/aromatic N) is 2. The zero-order valence-electron chi connectivity index (χ0n) is 12.4. The van der Waals surface area contributed by atoms with Gasteiger partial charge in [0.05, 0.1) is 19.3 Å². The van der Waals surface area contributed by atoms with Crippen LogP contribution in [0.5, 0.6) is 0 Å². The van der Waals surface area contributed by atoms with Crippen LogP contribution in [0.3, 0.4) is 0 Å². The summed E-state index contributed by atoms with van der Waals surface area (Å²) in [5.74, 6) is 0.663. The van der Waals surface area contributed by atoms with Crippen LogP contribution >= 0.6 is 0 Å². The Hall–Kier alpha value is -1.60. The number of hydrogen-bond acceptors (Lipinski definition) is 4. The van der Waals surface area contributed by atoms with Crippen LogP contribution < -0.4 is 10.6 Å². The van der Waals surface area contributed by atoms with Gasteiger partial charge in [0.1, 0.15) is 0 Å². The quantitative estimate of drug-likeness (QED) is 0.736. The highest BCUT2D eigenvalue weighted by molar-refractivity contribution is 5.88. The third-order valence-electron chi connectivity index (χ3n) is 3.80. The second kappa shape index (κ2) is 7.99. The molecule has 21 heavy (non-hydrogen) atoms. The zero-order chi connectivity index (χ0) is 15.1. The highest BCUT2D eigenvalue weighted by Crippen LogP contribution is 2.23. The van der Waals surface area contributed by atoms with Gasteiger partial charge >= 0.3 is 6.03 Å². The number of nitrogens with one attached hydrogen (secondary N) is 2. The molecular weight excluding hydrogens is 272 g/mol. The predicted molar refractivity (Wildman–Crippen MR) is 79.1 cm³/mol. The van der Waals surface area contributed by atoms with E-state index in [2.05, 4.69) is 15.7 Å². The van der Waals surface area contributed by atoms with Crippen LogP contribution in [-0.2, 0) is 11.3 Å². The van der Waals surface area contributed by atoms with Crippen LogP contribution in [0.4, 0.5) is 10.6 Å². The largest absolute Gasteiger partial charge is 0.393 e. The van der Waals surface area contributed by atoms with Crippen molar-refractivity contribution in [3.05, 3.63) is 12.3 Å². The van der Waals surface area contributed by atoms with Crippen molar-refractivity contribution in [3.8, 4) is 0 Å². The summed E-state index contributed by atoms with van der Waals surface area (Å²) in [6.45, 7) is 1.72. The molecule has 0 spiro atoms. The van der Waals surface area contributed by atoms with Gasteiger partial charge in [0, 0.05) is 31.8 Å². The highest BCUT2D eigenvalue weighted by atomic mass is 16.5. The van der Waals surface area contributed by atoms with E-state index in [0.29, 0.717) is 25.5 Å². The predicted octanol–water partition coefficient (Wildman–Crippen LogP) is 1.20. The van der Waals surface area contributed by atoms with Crippen LogP contribution in [0.15, 0.2) is 12.3 Å². The monoisotopic (exact) mass is 296 g/mol. The molecule has 3 N–H and O–H groups in total. The van der Waals surface area contributed by atoms with Crippen LogP contribution in [-0.4, -0.2) is 47.3 Å². The van der Waals surface area contributed by atoms with Gasteiger partial charge in [0.25, 0.3) is 0 Å². The summed E-state index contributed by atoms with van der Waals surface area (Å²) < 4.78 is 6.68. The van der Waals surface area contributed by atoms with E-state index in [0.717, 1.165) is 25.7 Å². The topological polar surface area (TPSA) is 88.4 Å². The lowest BCUT2D eigenvalue weighted by molar-refractivity contribution is 0.0711. The number of aromatic nitrogens is 2. The molecule has 7 nitrogen and oxygen atoms in total. The number of aliphatic hydroxyl groups is 1. The molecule has 0 saturated heterocycles. The average molecular weight is 296 g/mol. The Bertz CT molecular complexity index is 449. The van der Waals surface area contributed by atoms with Gasteiger partial charge in [-0.25, -0.2) is 4.79 Å². The second-order valence-electron chi connectivity index (χ2n) is 5.40. The molecule has 118 valence electrons. The lowest BCUT2D eigenvalue weighted by atomic mass is 9.86. The molecule has 1 aromatic heterocycles. The first-order valence-corrected chi connectivity index (χ1v) is 7.44. The fourth-order valence-electron chi connectivity index (χ4n) is 2.55. The number of amides is 2. The number of ether oxygens (including phenoxy) is 1. The SMILES string of the molecule is COCCn1ccc(NC(=O)NC[C@H]2CCCC[C@@H]2O)n1. The zero-order valence-corrected chi connectivity index (χ0v) is 12.4. The summed E-state index contributed by atoms with van der Waals surface area (Å²) in [5, 5.41) is 19.6. The number of carbonyl (C=O) groups is 1. The van der Waals surface area contributed by atoms with Gasteiger partial charge in [-0.1, -0.05) is 12.8 Å². The van der Waals surface area contributed by atoms with E-state index in [1.54, 1.807) is 24.1 Å². The lowest BCUT2D eigenvalue weighted by Crippen LogP contribution is -2.38. The molecular formula is C14H24N4O3. The molecule has 1 aliphatic rings. The van der Waals surface area contributed by atoms with Gasteiger partial charge in [0.15, 0.2) is 5.82 Å². The maximum Gasteiger partial charge on any atom is 0.320 e. The molecule has 1 fully saturated rings. The maximum atomic E-state index is 11.8. The first kappa shape index (κ1) is 15.8. The summed E-state index contributed by atoms with van der Waals surface area (Å²) >= 11 is 0. The third-order valence-corrected chi connectivity index (χ3v) is 3.80. The molecule has 2 atom stereocenters. The van der Waals surface area contributed by atoms with Crippen molar-refractivity contribution in [3.63, 3.8) is 0 Å². The molecule has 1 heterocycles.